The van der Waals surface area contributed by atoms with Gasteiger partial charge < -0.3 is 10.6 Å². The highest BCUT2D eigenvalue weighted by molar-refractivity contribution is 7.89. The summed E-state index contributed by atoms with van der Waals surface area (Å²) >= 11 is 0. The summed E-state index contributed by atoms with van der Waals surface area (Å²) in [5.74, 6) is -2.21. The molecule has 4 N–H and O–H groups in total. The summed E-state index contributed by atoms with van der Waals surface area (Å²) < 4.78 is 60.2. The number of benzene rings is 2. The molecule has 0 spiro atoms. The van der Waals surface area contributed by atoms with Gasteiger partial charge in [0.25, 0.3) is 0 Å². The van der Waals surface area contributed by atoms with Crippen molar-refractivity contribution < 1.29 is 31.2 Å². The number of carbonyl (C=O) groups excluding carboxylic acids is 2. The van der Waals surface area contributed by atoms with Gasteiger partial charge in [-0.2, -0.15) is 13.2 Å². The second kappa shape index (κ2) is 7.76. The average molecular weight is 401 g/mol. The Balaban J connectivity index is 1.95. The van der Waals surface area contributed by atoms with Crippen molar-refractivity contribution in [3.05, 3.63) is 59.7 Å². The molecule has 0 bridgehead atoms. The fourth-order valence-electron chi connectivity index (χ4n) is 2.02. The number of carbonyl (C=O) groups is 2. The third kappa shape index (κ3) is 5.79. The second-order valence-electron chi connectivity index (χ2n) is 5.40. The lowest BCUT2D eigenvalue weighted by atomic mass is 10.2. The van der Waals surface area contributed by atoms with E-state index in [1.165, 1.54) is 30.3 Å². The van der Waals surface area contributed by atoms with Crippen molar-refractivity contribution in [2.24, 2.45) is 5.14 Å². The van der Waals surface area contributed by atoms with E-state index in [1.54, 1.807) is 0 Å². The molecule has 0 radical (unpaired) electrons. The van der Waals surface area contributed by atoms with Crippen LogP contribution in [0.15, 0.2) is 53.4 Å². The Hall–Kier alpha value is -2.92. The molecule has 144 valence electrons. The molecule has 11 heteroatoms. The van der Waals surface area contributed by atoms with Crippen LogP contribution in [0.1, 0.15) is 11.1 Å². The van der Waals surface area contributed by atoms with Crippen LogP contribution in [0.2, 0.25) is 0 Å². The lowest BCUT2D eigenvalue weighted by molar-refractivity contribution is -0.137. The zero-order valence-electron chi connectivity index (χ0n) is 13.6. The minimum absolute atomic E-state index is 0.0975. The molecular formula is C16H14F3N3O4S. The van der Waals surface area contributed by atoms with Crippen molar-refractivity contribution in [2.45, 2.75) is 17.6 Å². The molecule has 0 aromatic heterocycles. The number of primary sulfonamides is 1. The van der Waals surface area contributed by atoms with Gasteiger partial charge in [0.2, 0.25) is 10.0 Å². The van der Waals surface area contributed by atoms with Crippen LogP contribution >= 0.6 is 0 Å². The standard InChI is InChI=1S/C16H14F3N3O4S/c17-16(18,19)11-2-1-3-12(8-11)22-15(24)14(23)21-9-10-4-6-13(7-5-10)27(20,25)26/h1-8H,9H2,(H,21,23)(H,22,24)(H2,20,25,26). The normalized spacial score (nSPS) is 11.7. The van der Waals surface area contributed by atoms with Crippen LogP contribution in [-0.2, 0) is 32.3 Å². The molecule has 7 nitrogen and oxygen atoms in total. The molecule has 0 unspecified atom stereocenters. The minimum Gasteiger partial charge on any atom is -0.344 e. The van der Waals surface area contributed by atoms with E-state index in [0.29, 0.717) is 11.6 Å². The Morgan fingerprint density at radius 1 is 1.00 bits per heavy atom. The zero-order valence-corrected chi connectivity index (χ0v) is 14.4. The maximum absolute atomic E-state index is 12.6. The third-order valence-corrected chi connectivity index (χ3v) is 4.29. The summed E-state index contributed by atoms with van der Waals surface area (Å²) in [6.07, 6.45) is -4.58. The lowest BCUT2D eigenvalue weighted by Gasteiger charge is -2.10. The number of rotatable bonds is 4. The van der Waals surface area contributed by atoms with Gasteiger partial charge in [0.1, 0.15) is 0 Å². The number of nitrogens with one attached hydrogen (secondary N) is 2. The lowest BCUT2D eigenvalue weighted by Crippen LogP contribution is -2.35. The van der Waals surface area contributed by atoms with Crippen molar-refractivity contribution in [1.29, 1.82) is 0 Å². The number of nitrogens with two attached hydrogens (primary N) is 1. The van der Waals surface area contributed by atoms with E-state index < -0.39 is 33.6 Å². The highest BCUT2D eigenvalue weighted by Crippen LogP contribution is 2.30. The van der Waals surface area contributed by atoms with E-state index in [0.717, 1.165) is 12.1 Å². The fraction of sp³-hybridized carbons (Fsp3) is 0.125. The number of hydrogen-bond donors (Lipinski definition) is 3. The molecule has 2 aromatic rings. The van der Waals surface area contributed by atoms with Crippen LogP contribution in [-0.4, -0.2) is 20.2 Å². The van der Waals surface area contributed by atoms with Gasteiger partial charge in [-0.1, -0.05) is 18.2 Å². The fourth-order valence-corrected chi connectivity index (χ4v) is 2.54. The number of anilines is 1. The molecule has 0 atom stereocenters. The Labute approximate surface area is 152 Å². The molecule has 2 amide bonds. The van der Waals surface area contributed by atoms with Crippen LogP contribution in [0.5, 0.6) is 0 Å². The van der Waals surface area contributed by atoms with Crippen molar-refractivity contribution in [3.8, 4) is 0 Å². The van der Waals surface area contributed by atoms with Crippen molar-refractivity contribution in [1.82, 2.24) is 5.32 Å². The van der Waals surface area contributed by atoms with Gasteiger partial charge in [0.15, 0.2) is 0 Å². The maximum Gasteiger partial charge on any atom is 0.416 e. The van der Waals surface area contributed by atoms with Gasteiger partial charge in [0, 0.05) is 12.2 Å². The highest BCUT2D eigenvalue weighted by Gasteiger charge is 2.30. The number of alkyl halides is 3. The summed E-state index contributed by atoms with van der Waals surface area (Å²) in [5, 5.41) is 9.30. The Bertz CT molecular complexity index is 958. The molecule has 2 rings (SSSR count). The van der Waals surface area contributed by atoms with Crippen LogP contribution in [0.3, 0.4) is 0 Å². The first-order valence-electron chi connectivity index (χ1n) is 7.35. The number of sulfonamides is 1. The minimum atomic E-state index is -4.58. The molecule has 0 aliphatic rings. The highest BCUT2D eigenvalue weighted by atomic mass is 32.2. The van der Waals surface area contributed by atoms with Gasteiger partial charge >= 0.3 is 18.0 Å². The smallest absolute Gasteiger partial charge is 0.344 e. The van der Waals surface area contributed by atoms with E-state index in [1.807, 2.05) is 0 Å². The molecule has 0 fully saturated rings. The van der Waals surface area contributed by atoms with Crippen LogP contribution in [0.4, 0.5) is 18.9 Å². The monoisotopic (exact) mass is 401 g/mol. The van der Waals surface area contributed by atoms with Crippen molar-refractivity contribution in [3.63, 3.8) is 0 Å². The van der Waals surface area contributed by atoms with Gasteiger partial charge in [0.05, 0.1) is 10.5 Å². The largest absolute Gasteiger partial charge is 0.416 e. The molecule has 27 heavy (non-hydrogen) atoms. The van der Waals surface area contributed by atoms with Crippen molar-refractivity contribution in [2.75, 3.05) is 5.32 Å². The van der Waals surface area contributed by atoms with E-state index in [-0.39, 0.29) is 17.1 Å². The van der Waals surface area contributed by atoms with E-state index in [2.05, 4.69) is 10.6 Å². The molecule has 0 saturated carbocycles. The Morgan fingerprint density at radius 2 is 1.63 bits per heavy atom. The molecule has 0 saturated heterocycles. The SMILES string of the molecule is NS(=O)(=O)c1ccc(CNC(=O)C(=O)Nc2cccc(C(F)(F)F)c2)cc1. The molecule has 0 heterocycles. The molecule has 0 aliphatic heterocycles. The molecule has 2 aromatic carbocycles. The maximum atomic E-state index is 12.6. The van der Waals surface area contributed by atoms with Crippen LogP contribution < -0.4 is 15.8 Å². The number of amides is 2. The number of halogens is 3. The number of hydrogen-bond acceptors (Lipinski definition) is 4. The summed E-state index contributed by atoms with van der Waals surface area (Å²) in [4.78, 5) is 23.4. The van der Waals surface area contributed by atoms with Crippen molar-refractivity contribution >= 4 is 27.5 Å². The Morgan fingerprint density at radius 3 is 2.19 bits per heavy atom. The third-order valence-electron chi connectivity index (χ3n) is 3.36. The van der Waals surface area contributed by atoms with Gasteiger partial charge in [-0.15, -0.1) is 0 Å². The predicted molar refractivity (Wildman–Crippen MR) is 89.7 cm³/mol. The first-order chi connectivity index (χ1) is 12.5. The quantitative estimate of drug-likeness (QED) is 0.675. The van der Waals surface area contributed by atoms with E-state index >= 15 is 0 Å². The van der Waals surface area contributed by atoms with E-state index in [4.69, 9.17) is 5.14 Å². The van der Waals surface area contributed by atoms with Gasteiger partial charge in [-0.25, -0.2) is 13.6 Å². The first kappa shape index (κ1) is 20.4. The van der Waals surface area contributed by atoms with E-state index in [9.17, 15) is 31.2 Å². The van der Waals surface area contributed by atoms with Crippen LogP contribution in [0.25, 0.3) is 0 Å². The van der Waals surface area contributed by atoms with Gasteiger partial charge in [-0.3, -0.25) is 9.59 Å². The topological polar surface area (TPSA) is 118 Å². The molecule has 0 aliphatic carbocycles. The second-order valence-corrected chi connectivity index (χ2v) is 6.97. The van der Waals surface area contributed by atoms with Crippen LogP contribution in [0, 0.1) is 0 Å². The summed E-state index contributed by atoms with van der Waals surface area (Å²) in [7, 11) is -3.84. The Kier molecular flexibility index (Phi) is 5.86. The molecular weight excluding hydrogens is 387 g/mol. The first-order valence-corrected chi connectivity index (χ1v) is 8.89. The average Bonchev–Trinajstić information content (AvgIpc) is 2.58. The summed E-state index contributed by atoms with van der Waals surface area (Å²) in [6.45, 7) is -0.0975. The summed E-state index contributed by atoms with van der Waals surface area (Å²) in [6, 6.07) is 9.11. The summed E-state index contributed by atoms with van der Waals surface area (Å²) in [5.41, 5.74) is -0.652. The zero-order chi connectivity index (χ0) is 20.2. The van der Waals surface area contributed by atoms with Gasteiger partial charge in [-0.05, 0) is 35.9 Å². The predicted octanol–water partition coefficient (Wildman–Crippen LogP) is 1.61.